The lowest BCUT2D eigenvalue weighted by Crippen LogP contribution is -2.35. The van der Waals surface area contributed by atoms with E-state index in [-0.39, 0.29) is 0 Å². The molecule has 1 saturated heterocycles. The van der Waals surface area contributed by atoms with E-state index in [1.807, 2.05) is 29.1 Å². The number of hydrogen-bond acceptors (Lipinski definition) is 3. The van der Waals surface area contributed by atoms with Gasteiger partial charge in [0, 0.05) is 24.8 Å². The molecule has 2 N–H and O–H groups in total. The average molecular weight is 284 g/mol. The minimum absolute atomic E-state index is 0.771. The van der Waals surface area contributed by atoms with Crippen molar-refractivity contribution in [1.29, 1.82) is 0 Å². The van der Waals surface area contributed by atoms with Gasteiger partial charge in [-0.1, -0.05) is 18.2 Å². The molecule has 0 spiro atoms. The fourth-order valence-corrected chi connectivity index (χ4v) is 3.19. The predicted molar refractivity (Wildman–Crippen MR) is 85.2 cm³/mol. The number of rotatable bonds is 5. The second-order valence-electron chi connectivity index (χ2n) is 5.95. The molecule has 0 saturated carbocycles. The molecule has 4 nitrogen and oxygen atoms in total. The molecule has 21 heavy (non-hydrogen) atoms. The quantitative estimate of drug-likeness (QED) is 0.917. The summed E-state index contributed by atoms with van der Waals surface area (Å²) in [4.78, 5) is 2.54. The maximum absolute atomic E-state index is 5.69. The molecular weight excluding hydrogens is 260 g/mol. The number of nitrogens with zero attached hydrogens (tertiary/aromatic N) is 3. The standard InChI is InChI=1S/C17H24N4/c18-9-8-15-5-4-10-20(12-15)13-16-11-19-21(14-16)17-6-2-1-3-7-17/h1-3,6-7,11,14-15H,4-5,8-10,12-13,18H2. The Morgan fingerprint density at radius 3 is 2.90 bits per heavy atom. The molecule has 1 aliphatic heterocycles. The van der Waals surface area contributed by atoms with Gasteiger partial charge in [0.1, 0.15) is 0 Å². The Morgan fingerprint density at radius 1 is 1.24 bits per heavy atom. The van der Waals surface area contributed by atoms with Gasteiger partial charge < -0.3 is 5.73 Å². The van der Waals surface area contributed by atoms with Crippen molar-refractivity contribution in [3.63, 3.8) is 0 Å². The maximum Gasteiger partial charge on any atom is 0.0645 e. The van der Waals surface area contributed by atoms with E-state index in [9.17, 15) is 0 Å². The normalized spacial score (nSPS) is 19.8. The fraction of sp³-hybridized carbons (Fsp3) is 0.471. The zero-order valence-corrected chi connectivity index (χ0v) is 12.5. The molecule has 2 heterocycles. The van der Waals surface area contributed by atoms with Crippen LogP contribution in [0.15, 0.2) is 42.7 Å². The van der Waals surface area contributed by atoms with E-state index >= 15 is 0 Å². The molecule has 0 bridgehead atoms. The van der Waals surface area contributed by atoms with Crippen LogP contribution >= 0.6 is 0 Å². The Bertz CT molecular complexity index is 547. The third-order valence-corrected chi connectivity index (χ3v) is 4.24. The lowest BCUT2D eigenvalue weighted by Gasteiger charge is -2.32. The van der Waals surface area contributed by atoms with Crippen LogP contribution in [0, 0.1) is 5.92 Å². The highest BCUT2D eigenvalue weighted by Crippen LogP contribution is 2.20. The van der Waals surface area contributed by atoms with Crippen LogP contribution in [0.3, 0.4) is 0 Å². The fourth-order valence-electron chi connectivity index (χ4n) is 3.19. The highest BCUT2D eigenvalue weighted by Gasteiger charge is 2.19. The summed E-state index contributed by atoms with van der Waals surface area (Å²) in [5.41, 5.74) is 8.09. The minimum atomic E-state index is 0.771. The predicted octanol–water partition coefficient (Wildman–Crippen LogP) is 2.43. The van der Waals surface area contributed by atoms with E-state index in [2.05, 4.69) is 28.3 Å². The van der Waals surface area contributed by atoms with Gasteiger partial charge in [0.05, 0.1) is 11.9 Å². The van der Waals surface area contributed by atoms with Gasteiger partial charge in [-0.05, 0) is 50.4 Å². The number of para-hydroxylation sites is 1. The number of benzene rings is 1. The summed E-state index contributed by atoms with van der Waals surface area (Å²) in [6, 6.07) is 10.3. The van der Waals surface area contributed by atoms with Gasteiger partial charge >= 0.3 is 0 Å². The van der Waals surface area contributed by atoms with Crippen molar-refractivity contribution in [3.8, 4) is 5.69 Å². The Hall–Kier alpha value is -1.65. The molecule has 1 aliphatic rings. The van der Waals surface area contributed by atoms with Gasteiger partial charge in [-0.2, -0.15) is 5.10 Å². The van der Waals surface area contributed by atoms with Crippen molar-refractivity contribution < 1.29 is 0 Å². The Kier molecular flexibility index (Phi) is 4.68. The molecule has 0 amide bonds. The maximum atomic E-state index is 5.69. The molecule has 1 fully saturated rings. The first-order valence-corrected chi connectivity index (χ1v) is 7.86. The van der Waals surface area contributed by atoms with Crippen LogP contribution in [0.25, 0.3) is 5.69 Å². The van der Waals surface area contributed by atoms with Crippen molar-refractivity contribution in [2.24, 2.45) is 11.7 Å². The lowest BCUT2D eigenvalue weighted by molar-refractivity contribution is 0.163. The van der Waals surface area contributed by atoms with Crippen molar-refractivity contribution in [2.75, 3.05) is 19.6 Å². The molecule has 0 aliphatic carbocycles. The van der Waals surface area contributed by atoms with Crippen molar-refractivity contribution in [2.45, 2.75) is 25.8 Å². The number of aromatic nitrogens is 2. The summed E-state index contributed by atoms with van der Waals surface area (Å²) in [7, 11) is 0. The SMILES string of the molecule is NCCC1CCCN(Cc2cnn(-c3ccccc3)c2)C1. The summed E-state index contributed by atoms with van der Waals surface area (Å²) >= 11 is 0. The Balaban J connectivity index is 1.62. The zero-order valence-electron chi connectivity index (χ0n) is 12.5. The largest absolute Gasteiger partial charge is 0.330 e. The number of hydrogen-bond donors (Lipinski definition) is 1. The highest BCUT2D eigenvalue weighted by atomic mass is 15.3. The van der Waals surface area contributed by atoms with E-state index in [0.717, 1.165) is 31.1 Å². The number of nitrogens with two attached hydrogens (primary N) is 1. The van der Waals surface area contributed by atoms with Crippen molar-refractivity contribution in [1.82, 2.24) is 14.7 Å². The van der Waals surface area contributed by atoms with Crippen molar-refractivity contribution >= 4 is 0 Å². The van der Waals surface area contributed by atoms with E-state index < -0.39 is 0 Å². The monoisotopic (exact) mass is 284 g/mol. The first kappa shape index (κ1) is 14.3. The molecular formula is C17H24N4. The summed E-state index contributed by atoms with van der Waals surface area (Å²) in [5, 5.41) is 4.48. The second-order valence-corrected chi connectivity index (χ2v) is 5.95. The molecule has 2 aromatic rings. The van der Waals surface area contributed by atoms with Gasteiger partial charge in [-0.15, -0.1) is 0 Å². The molecule has 1 aromatic carbocycles. The summed E-state index contributed by atoms with van der Waals surface area (Å²) < 4.78 is 1.96. The molecule has 1 atom stereocenters. The average Bonchev–Trinajstić information content (AvgIpc) is 2.97. The van der Waals surface area contributed by atoms with Crippen molar-refractivity contribution in [3.05, 3.63) is 48.3 Å². The molecule has 4 heteroatoms. The van der Waals surface area contributed by atoms with Crippen LogP contribution in [0.1, 0.15) is 24.8 Å². The number of piperidine rings is 1. The van der Waals surface area contributed by atoms with E-state index in [1.54, 1.807) is 0 Å². The molecule has 0 radical (unpaired) electrons. The number of likely N-dealkylation sites (tertiary alicyclic amines) is 1. The molecule has 3 rings (SSSR count). The van der Waals surface area contributed by atoms with Crippen LogP contribution < -0.4 is 5.73 Å². The van der Waals surface area contributed by atoms with Crippen LogP contribution in [0.4, 0.5) is 0 Å². The van der Waals surface area contributed by atoms with Gasteiger partial charge in [0.2, 0.25) is 0 Å². The van der Waals surface area contributed by atoms with E-state index in [0.29, 0.717) is 0 Å². The first-order chi connectivity index (χ1) is 10.3. The summed E-state index contributed by atoms with van der Waals surface area (Å²) in [6.45, 7) is 4.17. The van der Waals surface area contributed by atoms with Gasteiger partial charge in [-0.3, -0.25) is 4.90 Å². The van der Waals surface area contributed by atoms with Crippen LogP contribution in [-0.4, -0.2) is 34.3 Å². The first-order valence-electron chi connectivity index (χ1n) is 7.86. The highest BCUT2D eigenvalue weighted by molar-refractivity contribution is 5.30. The van der Waals surface area contributed by atoms with Crippen LogP contribution in [0.5, 0.6) is 0 Å². The molecule has 112 valence electrons. The second kappa shape index (κ2) is 6.87. The molecule has 1 aromatic heterocycles. The third-order valence-electron chi connectivity index (χ3n) is 4.24. The van der Waals surface area contributed by atoms with E-state index in [4.69, 9.17) is 5.73 Å². The minimum Gasteiger partial charge on any atom is -0.330 e. The topological polar surface area (TPSA) is 47.1 Å². The smallest absolute Gasteiger partial charge is 0.0645 e. The Labute approximate surface area is 126 Å². The van der Waals surface area contributed by atoms with Gasteiger partial charge in [0.25, 0.3) is 0 Å². The third kappa shape index (κ3) is 3.71. The lowest BCUT2D eigenvalue weighted by atomic mass is 9.95. The van der Waals surface area contributed by atoms with Crippen LogP contribution in [0.2, 0.25) is 0 Å². The van der Waals surface area contributed by atoms with E-state index in [1.165, 1.54) is 31.5 Å². The zero-order chi connectivity index (χ0) is 14.5. The Morgan fingerprint density at radius 2 is 2.10 bits per heavy atom. The van der Waals surface area contributed by atoms with Crippen LogP contribution in [-0.2, 0) is 6.54 Å². The van der Waals surface area contributed by atoms with Gasteiger partial charge in [-0.25, -0.2) is 4.68 Å². The van der Waals surface area contributed by atoms with Gasteiger partial charge in [0.15, 0.2) is 0 Å². The summed E-state index contributed by atoms with van der Waals surface area (Å²) in [5.74, 6) is 0.771. The summed E-state index contributed by atoms with van der Waals surface area (Å²) in [6.07, 6.45) is 7.90. The molecule has 1 unspecified atom stereocenters.